The van der Waals surface area contributed by atoms with Crippen LogP contribution in [-0.2, 0) is 4.79 Å². The van der Waals surface area contributed by atoms with E-state index >= 15 is 0 Å². The first kappa shape index (κ1) is 12.4. The van der Waals surface area contributed by atoms with Gasteiger partial charge >= 0.3 is 5.97 Å². The molecule has 1 aromatic carbocycles. The molecule has 0 aliphatic rings. The highest BCUT2D eigenvalue weighted by molar-refractivity contribution is 5.74. The lowest BCUT2D eigenvalue weighted by Crippen LogP contribution is -1.96. The summed E-state index contributed by atoms with van der Waals surface area (Å²) in [5.41, 5.74) is 0.628. The molecule has 16 heavy (non-hydrogen) atoms. The summed E-state index contributed by atoms with van der Waals surface area (Å²) in [4.78, 5) is 10.4. The highest BCUT2D eigenvalue weighted by Gasteiger charge is 2.10. The van der Waals surface area contributed by atoms with E-state index in [-0.39, 0.29) is 12.0 Å². The molecule has 0 atom stereocenters. The number of carbonyl (C=O) groups is 1. The smallest absolute Gasteiger partial charge is 0.307 e. The number of hydrogen-bond acceptors (Lipinski definition) is 1. The summed E-state index contributed by atoms with van der Waals surface area (Å²) in [6.45, 7) is 1.76. The fourth-order valence-corrected chi connectivity index (χ4v) is 1.41. The zero-order valence-corrected chi connectivity index (χ0v) is 8.84. The molecule has 0 aliphatic heterocycles. The summed E-state index contributed by atoms with van der Waals surface area (Å²) in [6, 6.07) is 3.87. The number of hydrogen-bond donors (Lipinski definition) is 1. The molecule has 0 radical (unpaired) electrons. The largest absolute Gasteiger partial charge is 0.481 e. The van der Waals surface area contributed by atoms with Gasteiger partial charge in [0, 0.05) is 5.56 Å². The van der Waals surface area contributed by atoms with Crippen LogP contribution in [-0.4, -0.2) is 11.1 Å². The molecule has 1 N–H and O–H groups in total. The van der Waals surface area contributed by atoms with E-state index in [4.69, 9.17) is 5.11 Å². The van der Waals surface area contributed by atoms with Crippen LogP contribution in [0.15, 0.2) is 24.3 Å². The lowest BCUT2D eigenvalue weighted by atomic mass is 10.0. The van der Waals surface area contributed by atoms with Gasteiger partial charge in [-0.25, -0.2) is 8.78 Å². The van der Waals surface area contributed by atoms with Crippen LogP contribution < -0.4 is 0 Å². The van der Waals surface area contributed by atoms with Crippen molar-refractivity contribution in [3.05, 3.63) is 41.5 Å². The molecule has 86 valence electrons. The van der Waals surface area contributed by atoms with Gasteiger partial charge < -0.3 is 5.11 Å². The van der Waals surface area contributed by atoms with Gasteiger partial charge in [-0.2, -0.15) is 0 Å². The monoisotopic (exact) mass is 226 g/mol. The van der Waals surface area contributed by atoms with E-state index in [0.717, 1.165) is 6.07 Å². The Bertz CT molecular complexity index is 425. The zero-order chi connectivity index (χ0) is 12.1. The Balaban J connectivity index is 3.08. The molecule has 0 saturated heterocycles. The van der Waals surface area contributed by atoms with E-state index in [0.29, 0.717) is 12.0 Å². The minimum atomic E-state index is -0.997. The normalized spacial score (nSPS) is 11.6. The van der Waals surface area contributed by atoms with Crippen LogP contribution in [0.4, 0.5) is 8.78 Å². The molecule has 4 heteroatoms. The first-order chi connectivity index (χ1) is 7.56. The molecule has 0 aliphatic carbocycles. The molecule has 0 fully saturated rings. The summed E-state index contributed by atoms with van der Waals surface area (Å²) >= 11 is 0. The molecule has 0 amide bonds. The zero-order valence-electron chi connectivity index (χ0n) is 8.84. The van der Waals surface area contributed by atoms with Gasteiger partial charge in [-0.1, -0.05) is 25.1 Å². The van der Waals surface area contributed by atoms with Crippen molar-refractivity contribution in [2.24, 2.45) is 0 Å². The third-order valence-electron chi connectivity index (χ3n) is 2.20. The maximum absolute atomic E-state index is 13.4. The SMILES string of the molecule is CC/C(=C\CC(=O)O)c1cccc(F)c1F. The Kier molecular flexibility index (Phi) is 4.17. The van der Waals surface area contributed by atoms with E-state index in [1.807, 2.05) is 0 Å². The lowest BCUT2D eigenvalue weighted by Gasteiger charge is -2.06. The predicted octanol–water partition coefficient (Wildman–Crippen LogP) is 3.23. The van der Waals surface area contributed by atoms with Crippen molar-refractivity contribution in [2.45, 2.75) is 19.8 Å². The van der Waals surface area contributed by atoms with E-state index in [1.165, 1.54) is 18.2 Å². The second-order valence-corrected chi connectivity index (χ2v) is 3.28. The average molecular weight is 226 g/mol. The van der Waals surface area contributed by atoms with E-state index < -0.39 is 17.6 Å². The number of halogens is 2. The number of rotatable bonds is 4. The quantitative estimate of drug-likeness (QED) is 0.855. The molecule has 1 rings (SSSR count). The Morgan fingerprint density at radius 2 is 2.12 bits per heavy atom. The molecule has 1 aromatic rings. The lowest BCUT2D eigenvalue weighted by molar-refractivity contribution is -0.135. The van der Waals surface area contributed by atoms with E-state index in [2.05, 4.69) is 0 Å². The maximum atomic E-state index is 13.4. The fourth-order valence-electron chi connectivity index (χ4n) is 1.41. The minimum absolute atomic E-state index is 0.128. The van der Waals surface area contributed by atoms with Crippen molar-refractivity contribution >= 4 is 11.5 Å². The number of allylic oxidation sites excluding steroid dienone is 1. The summed E-state index contributed by atoms with van der Waals surface area (Å²) in [5, 5.41) is 8.52. The van der Waals surface area contributed by atoms with Crippen molar-refractivity contribution in [1.29, 1.82) is 0 Å². The van der Waals surface area contributed by atoms with Crippen molar-refractivity contribution < 1.29 is 18.7 Å². The molecule has 0 unspecified atom stereocenters. The number of carboxylic acids is 1. The van der Waals surface area contributed by atoms with Gasteiger partial charge in [0.1, 0.15) is 0 Å². The molecule has 2 nitrogen and oxygen atoms in total. The Labute approximate surface area is 92.2 Å². The topological polar surface area (TPSA) is 37.3 Å². The van der Waals surface area contributed by atoms with E-state index in [9.17, 15) is 13.6 Å². The standard InChI is InChI=1S/C12H12F2O2/c1-2-8(6-7-11(15)16)9-4-3-5-10(13)12(9)14/h3-6H,2,7H2,1H3,(H,15,16)/b8-6+. The minimum Gasteiger partial charge on any atom is -0.481 e. The molecule has 0 heterocycles. The number of aliphatic carboxylic acids is 1. The van der Waals surface area contributed by atoms with Gasteiger partial charge in [-0.05, 0) is 18.1 Å². The molecular weight excluding hydrogens is 214 g/mol. The maximum Gasteiger partial charge on any atom is 0.307 e. The van der Waals surface area contributed by atoms with Crippen molar-refractivity contribution in [1.82, 2.24) is 0 Å². The van der Waals surface area contributed by atoms with Gasteiger partial charge in [0.15, 0.2) is 11.6 Å². The molecule has 0 aromatic heterocycles. The van der Waals surface area contributed by atoms with Crippen LogP contribution in [0.5, 0.6) is 0 Å². The highest BCUT2D eigenvalue weighted by Crippen LogP contribution is 2.23. The Morgan fingerprint density at radius 1 is 1.44 bits per heavy atom. The summed E-state index contributed by atoms with van der Waals surface area (Å²) < 4.78 is 26.4. The van der Waals surface area contributed by atoms with Crippen LogP contribution in [0.3, 0.4) is 0 Å². The third kappa shape index (κ3) is 2.89. The predicted molar refractivity (Wildman–Crippen MR) is 56.9 cm³/mol. The van der Waals surface area contributed by atoms with Gasteiger partial charge in [0.05, 0.1) is 6.42 Å². The summed E-state index contributed by atoms with van der Waals surface area (Å²) in [6.07, 6.45) is 1.66. The first-order valence-electron chi connectivity index (χ1n) is 4.91. The van der Waals surface area contributed by atoms with Gasteiger partial charge in [-0.3, -0.25) is 4.79 Å². The third-order valence-corrected chi connectivity index (χ3v) is 2.20. The number of benzene rings is 1. The average Bonchev–Trinajstić information content (AvgIpc) is 2.24. The van der Waals surface area contributed by atoms with Crippen LogP contribution in [0.25, 0.3) is 5.57 Å². The number of carboxylic acid groups (broad SMARTS) is 1. The fraction of sp³-hybridized carbons (Fsp3) is 0.250. The molecule has 0 saturated carbocycles. The van der Waals surface area contributed by atoms with Crippen molar-refractivity contribution in [3.8, 4) is 0 Å². The van der Waals surface area contributed by atoms with Crippen LogP contribution >= 0.6 is 0 Å². The van der Waals surface area contributed by atoms with Gasteiger partial charge in [-0.15, -0.1) is 0 Å². The Hall–Kier alpha value is -1.71. The van der Waals surface area contributed by atoms with Crippen molar-refractivity contribution in [3.63, 3.8) is 0 Å². The first-order valence-corrected chi connectivity index (χ1v) is 4.91. The van der Waals surface area contributed by atoms with Crippen LogP contribution in [0.1, 0.15) is 25.3 Å². The van der Waals surface area contributed by atoms with Crippen molar-refractivity contribution in [2.75, 3.05) is 0 Å². The molecule has 0 spiro atoms. The van der Waals surface area contributed by atoms with Gasteiger partial charge in [0.25, 0.3) is 0 Å². The second kappa shape index (κ2) is 5.39. The van der Waals surface area contributed by atoms with Gasteiger partial charge in [0.2, 0.25) is 0 Å². The molecular formula is C12H12F2O2. The summed E-state index contributed by atoms with van der Waals surface area (Å²) in [5.74, 6) is -2.85. The summed E-state index contributed by atoms with van der Waals surface area (Å²) in [7, 11) is 0. The highest BCUT2D eigenvalue weighted by atomic mass is 19.2. The Morgan fingerprint density at radius 3 is 2.69 bits per heavy atom. The van der Waals surface area contributed by atoms with Crippen LogP contribution in [0.2, 0.25) is 0 Å². The van der Waals surface area contributed by atoms with E-state index in [1.54, 1.807) is 6.92 Å². The molecule has 0 bridgehead atoms. The second-order valence-electron chi connectivity index (χ2n) is 3.28. The van der Waals surface area contributed by atoms with Crippen LogP contribution in [0, 0.1) is 11.6 Å².